The Kier molecular flexibility index (Phi) is 5.31. The average molecular weight is 424 g/mol. The predicted molar refractivity (Wildman–Crippen MR) is 107 cm³/mol. The Labute approximate surface area is 172 Å². The number of carbonyl (C=O) groups is 2. The number of sulfone groups is 1. The molecular weight excluding hydrogens is 392 g/mol. The molecular formula is C20H31N4O4S+. The van der Waals surface area contributed by atoms with E-state index in [0.717, 1.165) is 47.5 Å². The van der Waals surface area contributed by atoms with Crippen molar-refractivity contribution < 1.29 is 22.9 Å². The van der Waals surface area contributed by atoms with Gasteiger partial charge in [0.15, 0.2) is 16.5 Å². The quantitative estimate of drug-likeness (QED) is 0.674. The van der Waals surface area contributed by atoms with Gasteiger partial charge in [-0.15, -0.1) is 0 Å². The van der Waals surface area contributed by atoms with Gasteiger partial charge in [-0.2, -0.15) is 5.10 Å². The molecule has 29 heavy (non-hydrogen) atoms. The van der Waals surface area contributed by atoms with Crippen molar-refractivity contribution in [2.24, 2.45) is 11.8 Å². The Hall–Kier alpha value is -1.74. The van der Waals surface area contributed by atoms with Crippen molar-refractivity contribution in [2.75, 3.05) is 25.2 Å². The molecule has 0 aromatic carbocycles. The van der Waals surface area contributed by atoms with Gasteiger partial charge in [-0.05, 0) is 33.1 Å². The number of likely N-dealkylation sites (tertiary alicyclic amines) is 1. The summed E-state index contributed by atoms with van der Waals surface area (Å²) >= 11 is 0. The number of quaternary nitrogens is 1. The third-order valence-electron chi connectivity index (χ3n) is 6.87. The number of imide groups is 1. The van der Waals surface area contributed by atoms with Gasteiger partial charge in [0, 0.05) is 5.69 Å². The summed E-state index contributed by atoms with van der Waals surface area (Å²) in [5, 5.41) is 4.62. The van der Waals surface area contributed by atoms with Crippen molar-refractivity contribution in [3.63, 3.8) is 0 Å². The summed E-state index contributed by atoms with van der Waals surface area (Å²) in [5.41, 5.74) is 2.94. The number of nitrogens with zero attached hydrogens (tertiary/aromatic N) is 3. The molecule has 4 atom stereocenters. The molecule has 1 aromatic heterocycles. The van der Waals surface area contributed by atoms with E-state index >= 15 is 0 Å². The number of aryl methyl sites for hydroxylation is 1. The first kappa shape index (κ1) is 20.5. The minimum absolute atomic E-state index is 0.000601. The van der Waals surface area contributed by atoms with Gasteiger partial charge >= 0.3 is 0 Å². The first-order chi connectivity index (χ1) is 13.7. The van der Waals surface area contributed by atoms with E-state index in [1.807, 2.05) is 25.6 Å². The maximum atomic E-state index is 12.7. The van der Waals surface area contributed by atoms with Crippen molar-refractivity contribution in [3.8, 4) is 0 Å². The number of hydrogen-bond acceptors (Lipinski definition) is 5. The molecule has 2 aliphatic heterocycles. The Balaban J connectivity index is 1.46. The second-order valence-corrected chi connectivity index (χ2v) is 11.3. The highest BCUT2D eigenvalue weighted by molar-refractivity contribution is 7.91. The number of rotatable bonds is 5. The molecule has 2 saturated heterocycles. The summed E-state index contributed by atoms with van der Waals surface area (Å²) in [6.45, 7) is 4.93. The van der Waals surface area contributed by atoms with Gasteiger partial charge in [0.2, 0.25) is 11.8 Å². The third-order valence-corrected chi connectivity index (χ3v) is 8.62. The van der Waals surface area contributed by atoms with Crippen LogP contribution in [0.2, 0.25) is 0 Å². The lowest BCUT2D eigenvalue weighted by molar-refractivity contribution is -0.901. The number of aromatic nitrogens is 2. The van der Waals surface area contributed by atoms with E-state index < -0.39 is 9.84 Å². The van der Waals surface area contributed by atoms with Crippen LogP contribution < -0.4 is 4.90 Å². The molecule has 2 amide bonds. The van der Waals surface area contributed by atoms with Gasteiger partial charge in [0.05, 0.1) is 47.7 Å². The van der Waals surface area contributed by atoms with Crippen LogP contribution in [0.5, 0.6) is 0 Å². The fourth-order valence-electron chi connectivity index (χ4n) is 5.29. The third kappa shape index (κ3) is 3.74. The molecule has 0 bridgehead atoms. The van der Waals surface area contributed by atoms with Crippen LogP contribution >= 0.6 is 0 Å². The van der Waals surface area contributed by atoms with Crippen molar-refractivity contribution in [3.05, 3.63) is 17.0 Å². The normalized spacial score (nSPS) is 30.0. The zero-order chi connectivity index (χ0) is 20.9. The number of hydrogen-bond donors (Lipinski definition) is 1. The molecule has 0 spiro atoms. The highest BCUT2D eigenvalue weighted by atomic mass is 32.2. The number of carbonyl (C=O) groups excluding carboxylic acids is 2. The SMILES string of the molecule is Cc1nn([C@H]2CCS(=O)(=O)C2)c(C)c1C[NH+](C)CN1C(=O)[C@H]2CCCC[C@H]2C1=O. The van der Waals surface area contributed by atoms with E-state index in [0.29, 0.717) is 19.6 Å². The summed E-state index contributed by atoms with van der Waals surface area (Å²) < 4.78 is 25.5. The van der Waals surface area contributed by atoms with Gasteiger partial charge in [-0.25, -0.2) is 13.3 Å². The molecule has 160 valence electrons. The first-order valence-corrected chi connectivity index (χ1v) is 12.4. The molecule has 1 aliphatic carbocycles. The van der Waals surface area contributed by atoms with Gasteiger partial charge in [0.1, 0.15) is 6.54 Å². The maximum Gasteiger partial charge on any atom is 0.237 e. The van der Waals surface area contributed by atoms with Crippen LogP contribution in [0.1, 0.15) is 55.1 Å². The van der Waals surface area contributed by atoms with Crippen molar-refractivity contribution >= 4 is 21.7 Å². The van der Waals surface area contributed by atoms with Gasteiger partial charge in [-0.3, -0.25) is 14.3 Å². The Morgan fingerprint density at radius 3 is 2.24 bits per heavy atom. The van der Waals surface area contributed by atoms with Crippen LogP contribution in [0.3, 0.4) is 0 Å². The standard InChI is InChI=1S/C20H30N4O4S/c1-13-18(14(2)24(21-13)15-8-9-29(27,28)11-15)10-22(3)12-23-19(25)16-6-4-5-7-17(16)20(23)26/h15-17H,4-12H2,1-3H3/p+1/t15-,16-,17+/m0/s1. The van der Waals surface area contributed by atoms with E-state index in [9.17, 15) is 18.0 Å². The Morgan fingerprint density at radius 2 is 1.69 bits per heavy atom. The minimum Gasteiger partial charge on any atom is -0.316 e. The van der Waals surface area contributed by atoms with Gasteiger partial charge in [0.25, 0.3) is 0 Å². The second kappa shape index (κ2) is 7.50. The Morgan fingerprint density at radius 1 is 1.07 bits per heavy atom. The molecule has 9 heteroatoms. The maximum absolute atomic E-state index is 12.7. The molecule has 3 heterocycles. The molecule has 3 aliphatic rings. The molecule has 1 N–H and O–H groups in total. The fraction of sp³-hybridized carbons (Fsp3) is 0.750. The number of amides is 2. The molecule has 1 unspecified atom stereocenters. The summed E-state index contributed by atoms with van der Waals surface area (Å²) in [4.78, 5) is 28.0. The smallest absolute Gasteiger partial charge is 0.237 e. The molecule has 1 aromatic rings. The van der Waals surface area contributed by atoms with Crippen LogP contribution in [-0.2, 0) is 26.0 Å². The molecule has 1 saturated carbocycles. The van der Waals surface area contributed by atoms with E-state index in [1.165, 1.54) is 4.90 Å². The molecule has 0 radical (unpaired) electrons. The summed E-state index contributed by atoms with van der Waals surface area (Å²) in [6, 6.07) is -0.0994. The molecule has 3 fully saturated rings. The summed E-state index contributed by atoms with van der Waals surface area (Å²) in [7, 11) is -0.988. The highest BCUT2D eigenvalue weighted by Gasteiger charge is 2.49. The van der Waals surface area contributed by atoms with E-state index in [-0.39, 0.29) is 41.2 Å². The van der Waals surface area contributed by atoms with Gasteiger partial charge < -0.3 is 4.90 Å². The van der Waals surface area contributed by atoms with Crippen LogP contribution in [0, 0.1) is 25.7 Å². The fourth-order valence-corrected chi connectivity index (χ4v) is 6.98. The zero-order valence-corrected chi connectivity index (χ0v) is 18.3. The van der Waals surface area contributed by atoms with Crippen molar-refractivity contribution in [1.82, 2.24) is 14.7 Å². The highest BCUT2D eigenvalue weighted by Crippen LogP contribution is 2.37. The number of nitrogens with one attached hydrogen (secondary N) is 1. The monoisotopic (exact) mass is 423 g/mol. The lowest BCUT2D eigenvalue weighted by Gasteiger charge is -2.21. The van der Waals surface area contributed by atoms with E-state index in [1.54, 1.807) is 0 Å². The van der Waals surface area contributed by atoms with Gasteiger partial charge in [-0.1, -0.05) is 12.8 Å². The van der Waals surface area contributed by atoms with E-state index in [4.69, 9.17) is 0 Å². The summed E-state index contributed by atoms with van der Waals surface area (Å²) in [6.07, 6.45) is 4.34. The number of fused-ring (bicyclic) bond motifs is 1. The first-order valence-electron chi connectivity index (χ1n) is 10.6. The van der Waals surface area contributed by atoms with Crippen LogP contribution in [0.15, 0.2) is 0 Å². The van der Waals surface area contributed by atoms with Crippen molar-refractivity contribution in [2.45, 2.75) is 58.5 Å². The topological polar surface area (TPSA) is 93.8 Å². The second-order valence-electron chi connectivity index (χ2n) is 9.04. The lowest BCUT2D eigenvalue weighted by Crippen LogP contribution is -3.09. The van der Waals surface area contributed by atoms with Crippen molar-refractivity contribution in [1.29, 1.82) is 0 Å². The molecule has 8 nitrogen and oxygen atoms in total. The lowest BCUT2D eigenvalue weighted by atomic mass is 9.81. The largest absolute Gasteiger partial charge is 0.316 e. The molecule has 4 rings (SSSR count). The summed E-state index contributed by atoms with van der Waals surface area (Å²) in [5.74, 6) is 0.146. The zero-order valence-electron chi connectivity index (χ0n) is 17.5. The Bertz CT molecular complexity index is 915. The predicted octanol–water partition coefficient (Wildman–Crippen LogP) is 0.00694. The minimum atomic E-state index is -2.97. The van der Waals surface area contributed by atoms with Crippen LogP contribution in [-0.4, -0.2) is 60.1 Å². The van der Waals surface area contributed by atoms with E-state index in [2.05, 4.69) is 5.10 Å². The average Bonchev–Trinajstić information content (AvgIpc) is 3.25. The van der Waals surface area contributed by atoms with Crippen LogP contribution in [0.25, 0.3) is 0 Å². The van der Waals surface area contributed by atoms with Crippen LogP contribution in [0.4, 0.5) is 0 Å².